The van der Waals surface area contributed by atoms with Gasteiger partial charge in [-0.3, -0.25) is 4.90 Å². The van der Waals surface area contributed by atoms with E-state index in [4.69, 9.17) is 0 Å². The second-order valence-corrected chi connectivity index (χ2v) is 7.72. The van der Waals surface area contributed by atoms with Crippen molar-refractivity contribution in [2.24, 2.45) is 5.92 Å². The third-order valence-corrected chi connectivity index (χ3v) is 6.43. The second-order valence-electron chi connectivity index (χ2n) is 7.72. The molecule has 0 spiro atoms. The highest BCUT2D eigenvalue weighted by molar-refractivity contribution is 5.35. The van der Waals surface area contributed by atoms with Gasteiger partial charge >= 0.3 is 0 Å². The van der Waals surface area contributed by atoms with Crippen molar-refractivity contribution in [3.8, 4) is 0 Å². The van der Waals surface area contributed by atoms with Crippen LogP contribution in [0.25, 0.3) is 0 Å². The average molecular weight is 303 g/mol. The third kappa shape index (κ3) is 2.33. The number of rotatable bonds is 1. The quantitative estimate of drug-likeness (QED) is 0.747. The van der Waals surface area contributed by atoms with Gasteiger partial charge in [-0.2, -0.15) is 0 Å². The highest BCUT2D eigenvalue weighted by atomic mass is 15.2. The van der Waals surface area contributed by atoms with E-state index in [2.05, 4.69) is 53.4 Å². The Kier molecular flexibility index (Phi) is 3.29. The first kappa shape index (κ1) is 13.8. The van der Waals surface area contributed by atoms with Crippen molar-refractivity contribution in [2.45, 2.75) is 50.6 Å². The number of benzene rings is 2. The molecular formula is C22H25N. The monoisotopic (exact) mass is 303 g/mol. The molecule has 0 N–H and O–H groups in total. The Morgan fingerprint density at radius 2 is 1.48 bits per heavy atom. The van der Waals surface area contributed by atoms with Crippen molar-refractivity contribution < 1.29 is 0 Å². The van der Waals surface area contributed by atoms with E-state index in [-0.39, 0.29) is 0 Å². The van der Waals surface area contributed by atoms with Crippen molar-refractivity contribution in [3.05, 3.63) is 70.8 Å². The molecule has 1 nitrogen and oxygen atoms in total. The molecule has 0 unspecified atom stereocenters. The second kappa shape index (κ2) is 5.49. The molecule has 2 aliphatic heterocycles. The van der Waals surface area contributed by atoms with E-state index in [0.717, 1.165) is 12.0 Å². The molecule has 1 heteroatoms. The molecule has 2 aromatic rings. The van der Waals surface area contributed by atoms with Gasteiger partial charge in [-0.1, -0.05) is 48.5 Å². The van der Waals surface area contributed by atoms with Crippen molar-refractivity contribution in [3.63, 3.8) is 0 Å². The Morgan fingerprint density at radius 1 is 0.739 bits per heavy atom. The summed E-state index contributed by atoms with van der Waals surface area (Å²) in [6, 6.07) is 19.8. The van der Waals surface area contributed by atoms with Gasteiger partial charge in [0.25, 0.3) is 0 Å². The highest BCUT2D eigenvalue weighted by Gasteiger charge is 2.38. The van der Waals surface area contributed by atoms with Crippen molar-refractivity contribution in [2.75, 3.05) is 6.54 Å². The molecule has 118 valence electrons. The van der Waals surface area contributed by atoms with Crippen LogP contribution in [0.1, 0.15) is 47.6 Å². The fraction of sp³-hybridized carbons (Fsp3) is 0.455. The molecule has 6 rings (SSSR count). The van der Waals surface area contributed by atoms with Gasteiger partial charge in [0.1, 0.15) is 0 Å². The minimum atomic E-state index is 0.671. The van der Waals surface area contributed by atoms with Crippen LogP contribution in [0.4, 0.5) is 0 Å². The molecule has 2 aliphatic carbocycles. The molecule has 1 fully saturated rings. The summed E-state index contributed by atoms with van der Waals surface area (Å²) in [4.78, 5) is 2.88. The molecule has 2 aromatic carbocycles. The van der Waals surface area contributed by atoms with Crippen LogP contribution in [0.3, 0.4) is 0 Å². The number of piperidine rings is 1. The van der Waals surface area contributed by atoms with Crippen LogP contribution in [0, 0.1) is 5.92 Å². The van der Waals surface area contributed by atoms with Crippen LogP contribution in [0.2, 0.25) is 0 Å². The van der Waals surface area contributed by atoms with Crippen LogP contribution in [-0.4, -0.2) is 17.5 Å². The first-order valence-corrected chi connectivity index (χ1v) is 9.29. The third-order valence-electron chi connectivity index (χ3n) is 6.43. The summed E-state index contributed by atoms with van der Waals surface area (Å²) < 4.78 is 0. The normalized spacial score (nSPS) is 29.7. The van der Waals surface area contributed by atoms with Crippen molar-refractivity contribution in [1.29, 1.82) is 0 Å². The van der Waals surface area contributed by atoms with Gasteiger partial charge < -0.3 is 0 Å². The lowest BCUT2D eigenvalue weighted by molar-refractivity contribution is 0.0574. The lowest BCUT2D eigenvalue weighted by atomic mass is 9.79. The Morgan fingerprint density at radius 3 is 2.35 bits per heavy atom. The maximum Gasteiger partial charge on any atom is 0.0357 e. The summed E-state index contributed by atoms with van der Waals surface area (Å²) in [6.45, 7) is 1.30. The molecule has 0 aromatic heterocycles. The number of hydrogen-bond acceptors (Lipinski definition) is 1. The molecule has 0 radical (unpaired) electrons. The SMILES string of the molecule is c1ccc2c(c1)C[C@H]1CC[C@@H](C2)N([C@@H]2CCc3ccccc32)C1. The standard InChI is InChI=1S/C22H25N/c1-2-7-19-14-20-11-9-16(13-18(19)6-1)15-23(20)22-12-10-17-5-3-4-8-21(17)22/h1-8,16,20,22H,9-15H2/t16-,20+,22-/m1/s1. The van der Waals surface area contributed by atoms with Gasteiger partial charge in [0, 0.05) is 18.6 Å². The van der Waals surface area contributed by atoms with E-state index in [1.54, 1.807) is 22.3 Å². The Labute approximate surface area is 139 Å². The molecule has 0 amide bonds. The smallest absolute Gasteiger partial charge is 0.0357 e. The fourth-order valence-electron chi connectivity index (χ4n) is 5.30. The van der Waals surface area contributed by atoms with Crippen LogP contribution in [0.5, 0.6) is 0 Å². The Hall–Kier alpha value is -1.60. The minimum absolute atomic E-state index is 0.671. The number of hydrogen-bond donors (Lipinski definition) is 0. The van der Waals surface area contributed by atoms with E-state index in [0.29, 0.717) is 6.04 Å². The first-order valence-electron chi connectivity index (χ1n) is 9.29. The first-order chi connectivity index (χ1) is 11.4. The zero-order valence-corrected chi connectivity index (χ0v) is 13.7. The molecule has 2 bridgehead atoms. The molecule has 4 aliphatic rings. The van der Waals surface area contributed by atoms with E-state index in [1.807, 2.05) is 0 Å². The predicted octanol–water partition coefficient (Wildman–Crippen LogP) is 4.55. The molecule has 3 atom stereocenters. The maximum atomic E-state index is 2.88. The van der Waals surface area contributed by atoms with E-state index in [9.17, 15) is 0 Å². The molecule has 0 saturated carbocycles. The molecule has 1 saturated heterocycles. The Bertz CT molecular complexity index is 719. The summed E-state index contributed by atoms with van der Waals surface area (Å²) in [5.41, 5.74) is 6.44. The molecule has 2 heterocycles. The number of nitrogens with zero attached hydrogens (tertiary/aromatic N) is 1. The van der Waals surface area contributed by atoms with E-state index >= 15 is 0 Å². The summed E-state index contributed by atoms with van der Waals surface area (Å²) in [6.07, 6.45) is 7.94. The largest absolute Gasteiger partial charge is 0.293 e. The van der Waals surface area contributed by atoms with Crippen LogP contribution < -0.4 is 0 Å². The zero-order chi connectivity index (χ0) is 15.2. The molecule has 23 heavy (non-hydrogen) atoms. The Balaban J connectivity index is 1.50. The van der Waals surface area contributed by atoms with Gasteiger partial charge in [0.2, 0.25) is 0 Å². The van der Waals surface area contributed by atoms with E-state index in [1.165, 1.54) is 45.1 Å². The lowest BCUT2D eigenvalue weighted by Gasteiger charge is -2.45. The van der Waals surface area contributed by atoms with Gasteiger partial charge in [-0.15, -0.1) is 0 Å². The summed E-state index contributed by atoms with van der Waals surface area (Å²) in [5.74, 6) is 0.848. The van der Waals surface area contributed by atoms with Gasteiger partial charge in [-0.05, 0) is 66.7 Å². The number of aryl methyl sites for hydroxylation is 1. The van der Waals surface area contributed by atoms with E-state index < -0.39 is 0 Å². The van der Waals surface area contributed by atoms with Gasteiger partial charge in [0.05, 0.1) is 0 Å². The van der Waals surface area contributed by atoms with Gasteiger partial charge in [-0.25, -0.2) is 0 Å². The highest BCUT2D eigenvalue weighted by Crippen LogP contribution is 2.42. The van der Waals surface area contributed by atoms with Crippen LogP contribution in [0.15, 0.2) is 48.5 Å². The number of fused-ring (bicyclic) bond motifs is 3. The minimum Gasteiger partial charge on any atom is -0.293 e. The average Bonchev–Trinajstić information content (AvgIpc) is 2.98. The fourth-order valence-corrected chi connectivity index (χ4v) is 5.30. The summed E-state index contributed by atoms with van der Waals surface area (Å²) in [5, 5.41) is 0. The summed E-state index contributed by atoms with van der Waals surface area (Å²) in [7, 11) is 0. The maximum absolute atomic E-state index is 2.88. The van der Waals surface area contributed by atoms with Crippen molar-refractivity contribution >= 4 is 0 Å². The van der Waals surface area contributed by atoms with Crippen LogP contribution >= 0.6 is 0 Å². The topological polar surface area (TPSA) is 3.24 Å². The lowest BCUT2D eigenvalue weighted by Crippen LogP contribution is -2.47. The zero-order valence-electron chi connectivity index (χ0n) is 13.7. The molecular weight excluding hydrogens is 278 g/mol. The van der Waals surface area contributed by atoms with Crippen molar-refractivity contribution in [1.82, 2.24) is 4.90 Å². The predicted molar refractivity (Wildman–Crippen MR) is 94.6 cm³/mol. The summed E-state index contributed by atoms with van der Waals surface area (Å²) >= 11 is 0. The van der Waals surface area contributed by atoms with Gasteiger partial charge in [0.15, 0.2) is 0 Å². The van der Waals surface area contributed by atoms with Crippen LogP contribution in [-0.2, 0) is 19.3 Å².